The molecule has 4 rings (SSSR count). The first kappa shape index (κ1) is 20.3. The molecule has 9 nitrogen and oxygen atoms in total. The summed E-state index contributed by atoms with van der Waals surface area (Å²) in [7, 11) is -3.40. The molecule has 0 aliphatic heterocycles. The number of anilines is 1. The van der Waals surface area contributed by atoms with E-state index in [1.165, 1.54) is 59.4 Å². The van der Waals surface area contributed by atoms with E-state index in [0.29, 0.717) is 5.69 Å². The number of benzene rings is 2. The minimum Gasteiger partial charge on any atom is -0.506 e. The molecule has 0 saturated heterocycles. The average Bonchev–Trinajstić information content (AvgIpc) is 3.12. The van der Waals surface area contributed by atoms with Gasteiger partial charge in [0.2, 0.25) is 0 Å². The normalized spacial score (nSPS) is 11.5. The van der Waals surface area contributed by atoms with E-state index < -0.39 is 38.4 Å². The number of aromatic amines is 1. The molecule has 0 unspecified atom stereocenters. The second kappa shape index (κ2) is 7.36. The number of carbonyl (C=O) groups is 1. The highest BCUT2D eigenvalue weighted by atomic mass is 32.2. The quantitative estimate of drug-likeness (QED) is 0.444. The second-order valence-electron chi connectivity index (χ2n) is 6.72. The molecular formula is C20H15FN4O5S. The summed E-state index contributed by atoms with van der Waals surface area (Å²) in [5, 5.41) is 17.2. The lowest BCUT2D eigenvalue weighted by Gasteiger charge is -2.08. The standard InChI is InChI=1S/C20H15FN4O5S/c1-31(29,30)14-8-4-12(5-9-14)23-19(27)16-17(26)15-10-22-25(18(15)24-20(16)28)13-6-2-11(21)3-7-13/h2-10H,1H3,(H,23,27)(H2,24,26,28). The first-order valence-electron chi connectivity index (χ1n) is 8.85. The fraction of sp³-hybridized carbons (Fsp3) is 0.0500. The summed E-state index contributed by atoms with van der Waals surface area (Å²) >= 11 is 0. The van der Waals surface area contributed by atoms with Gasteiger partial charge < -0.3 is 15.4 Å². The number of aromatic nitrogens is 3. The number of hydrogen-bond donors (Lipinski definition) is 3. The zero-order valence-corrected chi connectivity index (χ0v) is 16.8. The van der Waals surface area contributed by atoms with Crippen molar-refractivity contribution in [1.29, 1.82) is 0 Å². The number of H-pyrrole nitrogens is 1. The van der Waals surface area contributed by atoms with Crippen LogP contribution in [0.3, 0.4) is 0 Å². The lowest BCUT2D eigenvalue weighted by Crippen LogP contribution is -2.23. The van der Waals surface area contributed by atoms with E-state index in [1.54, 1.807) is 0 Å². The van der Waals surface area contributed by atoms with Crippen molar-refractivity contribution in [3.63, 3.8) is 0 Å². The summed E-state index contributed by atoms with van der Waals surface area (Å²) in [6.45, 7) is 0. The fourth-order valence-electron chi connectivity index (χ4n) is 3.02. The zero-order valence-electron chi connectivity index (χ0n) is 16.0. The Hall–Kier alpha value is -3.99. The molecule has 4 aromatic rings. The van der Waals surface area contributed by atoms with Gasteiger partial charge in [0.15, 0.2) is 9.84 Å². The number of hydrogen-bond acceptors (Lipinski definition) is 6. The molecule has 0 fully saturated rings. The molecule has 2 heterocycles. The van der Waals surface area contributed by atoms with E-state index in [0.717, 1.165) is 6.26 Å². The maximum absolute atomic E-state index is 13.2. The number of sulfone groups is 1. The maximum Gasteiger partial charge on any atom is 0.266 e. The van der Waals surface area contributed by atoms with Gasteiger partial charge in [0, 0.05) is 11.9 Å². The van der Waals surface area contributed by atoms with E-state index in [-0.39, 0.29) is 21.6 Å². The van der Waals surface area contributed by atoms with Crippen molar-refractivity contribution in [2.24, 2.45) is 0 Å². The van der Waals surface area contributed by atoms with Gasteiger partial charge in [0.25, 0.3) is 11.5 Å². The van der Waals surface area contributed by atoms with Crippen molar-refractivity contribution >= 4 is 32.5 Å². The van der Waals surface area contributed by atoms with Gasteiger partial charge in [-0.3, -0.25) is 9.59 Å². The highest BCUT2D eigenvalue weighted by molar-refractivity contribution is 7.90. The van der Waals surface area contributed by atoms with Crippen LogP contribution in [-0.4, -0.2) is 40.5 Å². The van der Waals surface area contributed by atoms with Crippen LogP contribution < -0.4 is 10.9 Å². The van der Waals surface area contributed by atoms with Crippen LogP contribution >= 0.6 is 0 Å². The van der Waals surface area contributed by atoms with Crippen LogP contribution in [0.2, 0.25) is 0 Å². The van der Waals surface area contributed by atoms with E-state index >= 15 is 0 Å². The maximum atomic E-state index is 13.2. The number of carbonyl (C=O) groups excluding carboxylic acids is 1. The number of amides is 1. The molecule has 0 aliphatic carbocycles. The predicted molar refractivity (Wildman–Crippen MR) is 111 cm³/mol. The van der Waals surface area contributed by atoms with E-state index in [4.69, 9.17) is 0 Å². The van der Waals surface area contributed by atoms with Gasteiger partial charge in [-0.2, -0.15) is 5.10 Å². The molecule has 0 spiro atoms. The number of rotatable bonds is 4. The van der Waals surface area contributed by atoms with Gasteiger partial charge in [0.1, 0.15) is 22.8 Å². The SMILES string of the molecule is CS(=O)(=O)c1ccc(NC(=O)c2c(O)c3cnn(-c4ccc(F)cc4)c3[nH]c2=O)cc1. The number of fused-ring (bicyclic) bond motifs is 1. The lowest BCUT2D eigenvalue weighted by molar-refractivity contribution is 0.102. The van der Waals surface area contributed by atoms with Gasteiger partial charge in [-0.15, -0.1) is 0 Å². The van der Waals surface area contributed by atoms with Crippen molar-refractivity contribution in [2.45, 2.75) is 4.90 Å². The number of nitrogens with one attached hydrogen (secondary N) is 2. The third-order valence-electron chi connectivity index (χ3n) is 4.56. The number of pyridine rings is 1. The van der Waals surface area contributed by atoms with Gasteiger partial charge in [-0.25, -0.2) is 17.5 Å². The summed E-state index contributed by atoms with van der Waals surface area (Å²) in [5.74, 6) is -1.90. The third kappa shape index (κ3) is 3.78. The molecule has 158 valence electrons. The minimum absolute atomic E-state index is 0.0702. The van der Waals surface area contributed by atoms with Crippen LogP contribution in [0.5, 0.6) is 5.75 Å². The monoisotopic (exact) mass is 442 g/mol. The third-order valence-corrected chi connectivity index (χ3v) is 5.69. The summed E-state index contributed by atoms with van der Waals surface area (Å²) in [5.41, 5.74) is -0.589. The molecule has 2 aromatic carbocycles. The molecule has 2 aromatic heterocycles. The molecular weight excluding hydrogens is 427 g/mol. The van der Waals surface area contributed by atoms with Gasteiger partial charge in [-0.05, 0) is 48.5 Å². The molecule has 11 heteroatoms. The van der Waals surface area contributed by atoms with Gasteiger partial charge in [0.05, 0.1) is 22.2 Å². The van der Waals surface area contributed by atoms with Crippen LogP contribution in [-0.2, 0) is 9.84 Å². The van der Waals surface area contributed by atoms with E-state index in [2.05, 4.69) is 15.4 Å². The molecule has 1 amide bonds. The molecule has 0 bridgehead atoms. The first-order chi connectivity index (χ1) is 14.6. The lowest BCUT2D eigenvalue weighted by atomic mass is 10.2. The highest BCUT2D eigenvalue weighted by Crippen LogP contribution is 2.27. The Morgan fingerprint density at radius 1 is 1.13 bits per heavy atom. The van der Waals surface area contributed by atoms with Crippen molar-refractivity contribution < 1.29 is 22.7 Å². The largest absolute Gasteiger partial charge is 0.506 e. The van der Waals surface area contributed by atoms with Gasteiger partial charge >= 0.3 is 0 Å². The summed E-state index contributed by atoms with van der Waals surface area (Å²) in [6.07, 6.45) is 2.32. The number of nitrogens with zero attached hydrogens (tertiary/aromatic N) is 2. The predicted octanol–water partition coefficient (Wildman–Crippen LogP) is 2.21. The van der Waals surface area contributed by atoms with E-state index in [9.17, 15) is 27.5 Å². The van der Waals surface area contributed by atoms with Crippen molar-refractivity contribution in [1.82, 2.24) is 14.8 Å². The number of aromatic hydroxyl groups is 1. The molecule has 0 saturated carbocycles. The summed E-state index contributed by atoms with van der Waals surface area (Å²) in [4.78, 5) is 27.7. The highest BCUT2D eigenvalue weighted by Gasteiger charge is 2.22. The Morgan fingerprint density at radius 2 is 1.77 bits per heavy atom. The van der Waals surface area contributed by atoms with Crippen molar-refractivity contribution in [3.05, 3.63) is 76.5 Å². The zero-order chi connectivity index (χ0) is 22.3. The Balaban J connectivity index is 1.70. The molecule has 0 radical (unpaired) electrons. The average molecular weight is 442 g/mol. The smallest absolute Gasteiger partial charge is 0.266 e. The minimum atomic E-state index is -3.40. The Kier molecular flexibility index (Phi) is 4.82. The second-order valence-corrected chi connectivity index (χ2v) is 8.74. The molecule has 3 N–H and O–H groups in total. The van der Waals surface area contributed by atoms with Crippen molar-refractivity contribution in [2.75, 3.05) is 11.6 Å². The van der Waals surface area contributed by atoms with E-state index in [1.807, 2.05) is 0 Å². The van der Waals surface area contributed by atoms with Crippen LogP contribution in [0, 0.1) is 5.82 Å². The number of halogens is 1. The van der Waals surface area contributed by atoms with Crippen LogP contribution in [0.4, 0.5) is 10.1 Å². The molecule has 0 atom stereocenters. The van der Waals surface area contributed by atoms with Gasteiger partial charge in [-0.1, -0.05) is 0 Å². The van der Waals surface area contributed by atoms with Crippen LogP contribution in [0.25, 0.3) is 16.7 Å². The van der Waals surface area contributed by atoms with Crippen LogP contribution in [0.1, 0.15) is 10.4 Å². The summed E-state index contributed by atoms with van der Waals surface area (Å²) < 4.78 is 37.5. The Bertz CT molecular complexity index is 1470. The fourth-order valence-corrected chi connectivity index (χ4v) is 3.65. The van der Waals surface area contributed by atoms with Crippen LogP contribution in [0.15, 0.2) is 64.4 Å². The molecule has 31 heavy (non-hydrogen) atoms. The summed E-state index contributed by atoms with van der Waals surface area (Å²) in [6, 6.07) is 10.7. The molecule has 0 aliphatic rings. The Labute approximate surface area is 174 Å². The first-order valence-corrected chi connectivity index (χ1v) is 10.7. The Morgan fingerprint density at radius 3 is 2.39 bits per heavy atom. The topological polar surface area (TPSA) is 134 Å². The van der Waals surface area contributed by atoms with Crippen molar-refractivity contribution in [3.8, 4) is 11.4 Å².